The molecule has 4 aromatic rings. The van der Waals surface area contributed by atoms with Gasteiger partial charge in [-0.15, -0.1) is 0 Å². The lowest BCUT2D eigenvalue weighted by molar-refractivity contribution is 0.432. The smallest absolute Gasteiger partial charge is 0.259 e. The zero-order valence-electron chi connectivity index (χ0n) is 15.0. The van der Waals surface area contributed by atoms with Crippen LogP contribution >= 0.6 is 0 Å². The molecule has 0 bridgehead atoms. The first kappa shape index (κ1) is 16.8. The molecule has 0 saturated heterocycles. The topological polar surface area (TPSA) is 89.6 Å². The van der Waals surface area contributed by atoms with E-state index in [0.717, 1.165) is 33.9 Å². The van der Waals surface area contributed by atoms with Gasteiger partial charge in [0.2, 0.25) is 5.82 Å². The Hall–Kier alpha value is -3.61. The molecule has 3 heterocycles. The van der Waals surface area contributed by atoms with Gasteiger partial charge in [-0.2, -0.15) is 4.98 Å². The number of rotatable bonds is 5. The molecule has 0 saturated carbocycles. The van der Waals surface area contributed by atoms with E-state index in [-0.39, 0.29) is 0 Å². The lowest BCUT2D eigenvalue weighted by atomic mass is 10.1. The van der Waals surface area contributed by atoms with Crippen LogP contribution in [0.3, 0.4) is 0 Å². The number of benzene rings is 1. The van der Waals surface area contributed by atoms with Gasteiger partial charge in [0, 0.05) is 18.0 Å². The van der Waals surface area contributed by atoms with Gasteiger partial charge in [0.15, 0.2) is 0 Å². The van der Waals surface area contributed by atoms with Crippen molar-refractivity contribution in [3.8, 4) is 22.8 Å². The summed E-state index contributed by atoms with van der Waals surface area (Å²) in [5, 5.41) is 7.30. The first-order chi connectivity index (χ1) is 13.2. The van der Waals surface area contributed by atoms with Crippen LogP contribution in [0.25, 0.3) is 22.8 Å². The standard InChI is InChI=1S/C20H18N6O/c1-13-5-3-4-6-17(13)19-25-20(27-26-19)15-7-8-18(23-10-15)24-12-16-11-21-14(2)9-22-16/h3-11H,12H2,1-2H3,(H,23,24). The largest absolute Gasteiger partial charge is 0.364 e. The van der Waals surface area contributed by atoms with Crippen molar-refractivity contribution >= 4 is 5.82 Å². The van der Waals surface area contributed by atoms with Gasteiger partial charge >= 0.3 is 0 Å². The Morgan fingerprint density at radius 3 is 2.56 bits per heavy atom. The molecule has 0 spiro atoms. The van der Waals surface area contributed by atoms with Crippen LogP contribution in [0.4, 0.5) is 5.82 Å². The van der Waals surface area contributed by atoms with Crippen molar-refractivity contribution in [3.05, 3.63) is 71.9 Å². The van der Waals surface area contributed by atoms with E-state index >= 15 is 0 Å². The Kier molecular flexibility index (Phi) is 4.57. The number of hydrogen-bond donors (Lipinski definition) is 1. The second-order valence-corrected chi connectivity index (χ2v) is 6.17. The Morgan fingerprint density at radius 2 is 1.81 bits per heavy atom. The van der Waals surface area contributed by atoms with Crippen molar-refractivity contribution < 1.29 is 4.52 Å². The summed E-state index contributed by atoms with van der Waals surface area (Å²) < 4.78 is 5.40. The molecular formula is C20H18N6O. The third kappa shape index (κ3) is 3.82. The molecule has 0 amide bonds. The Balaban J connectivity index is 1.46. The summed E-state index contributed by atoms with van der Waals surface area (Å²) in [5.74, 6) is 1.75. The summed E-state index contributed by atoms with van der Waals surface area (Å²) in [5.41, 5.74) is 4.57. The summed E-state index contributed by atoms with van der Waals surface area (Å²) in [6, 6.07) is 11.7. The van der Waals surface area contributed by atoms with E-state index in [1.54, 1.807) is 18.6 Å². The second kappa shape index (κ2) is 7.33. The van der Waals surface area contributed by atoms with Crippen molar-refractivity contribution in [1.29, 1.82) is 0 Å². The first-order valence-corrected chi connectivity index (χ1v) is 8.56. The number of nitrogens with one attached hydrogen (secondary N) is 1. The van der Waals surface area contributed by atoms with Gasteiger partial charge in [-0.3, -0.25) is 9.97 Å². The maximum atomic E-state index is 5.40. The quantitative estimate of drug-likeness (QED) is 0.580. The van der Waals surface area contributed by atoms with E-state index in [9.17, 15) is 0 Å². The zero-order valence-corrected chi connectivity index (χ0v) is 15.0. The van der Waals surface area contributed by atoms with E-state index < -0.39 is 0 Å². The molecule has 0 aliphatic rings. The Bertz CT molecular complexity index is 1040. The van der Waals surface area contributed by atoms with E-state index in [1.807, 2.05) is 50.2 Å². The molecule has 1 aromatic carbocycles. The highest BCUT2D eigenvalue weighted by molar-refractivity contribution is 5.62. The van der Waals surface area contributed by atoms with Crippen molar-refractivity contribution in [2.45, 2.75) is 20.4 Å². The monoisotopic (exact) mass is 358 g/mol. The maximum absolute atomic E-state index is 5.40. The van der Waals surface area contributed by atoms with Gasteiger partial charge < -0.3 is 9.84 Å². The molecule has 0 aliphatic carbocycles. The van der Waals surface area contributed by atoms with Crippen LogP contribution in [0.2, 0.25) is 0 Å². The Labute approximate surface area is 156 Å². The van der Waals surface area contributed by atoms with Gasteiger partial charge in [0.25, 0.3) is 5.89 Å². The van der Waals surface area contributed by atoms with Crippen LogP contribution in [0.1, 0.15) is 17.0 Å². The molecule has 1 N–H and O–H groups in total. The van der Waals surface area contributed by atoms with Crippen molar-refractivity contribution in [2.75, 3.05) is 5.32 Å². The zero-order chi connectivity index (χ0) is 18.6. The molecule has 0 unspecified atom stereocenters. The molecule has 3 aromatic heterocycles. The summed E-state index contributed by atoms with van der Waals surface area (Å²) in [7, 11) is 0. The third-order valence-corrected chi connectivity index (χ3v) is 4.11. The van der Waals surface area contributed by atoms with Crippen LogP contribution < -0.4 is 5.32 Å². The molecule has 134 valence electrons. The lowest BCUT2D eigenvalue weighted by Crippen LogP contribution is -2.03. The number of aromatic nitrogens is 5. The van der Waals surface area contributed by atoms with E-state index in [4.69, 9.17) is 4.52 Å². The lowest BCUT2D eigenvalue weighted by Gasteiger charge is -2.05. The minimum atomic E-state index is 0.441. The van der Waals surface area contributed by atoms with Crippen LogP contribution in [0.15, 0.2) is 59.5 Å². The molecular weight excluding hydrogens is 340 g/mol. The molecule has 4 rings (SSSR count). The fourth-order valence-electron chi connectivity index (χ4n) is 2.59. The van der Waals surface area contributed by atoms with E-state index in [2.05, 4.69) is 30.4 Å². The normalized spacial score (nSPS) is 10.7. The summed E-state index contributed by atoms with van der Waals surface area (Å²) in [6.07, 6.45) is 5.20. The predicted octanol–water partition coefficient (Wildman–Crippen LogP) is 3.82. The molecule has 0 aliphatic heterocycles. The number of aryl methyl sites for hydroxylation is 2. The maximum Gasteiger partial charge on any atom is 0.259 e. The van der Waals surface area contributed by atoms with Crippen molar-refractivity contribution in [1.82, 2.24) is 25.1 Å². The average Bonchev–Trinajstić information content (AvgIpc) is 3.18. The van der Waals surface area contributed by atoms with Crippen molar-refractivity contribution in [2.24, 2.45) is 0 Å². The SMILES string of the molecule is Cc1cnc(CNc2ccc(-c3nc(-c4ccccc4C)no3)cn2)cn1. The number of anilines is 1. The first-order valence-electron chi connectivity index (χ1n) is 8.56. The minimum absolute atomic E-state index is 0.441. The highest BCUT2D eigenvalue weighted by Gasteiger charge is 2.12. The average molecular weight is 358 g/mol. The van der Waals surface area contributed by atoms with Gasteiger partial charge in [0.05, 0.1) is 29.7 Å². The van der Waals surface area contributed by atoms with Gasteiger partial charge in [-0.05, 0) is 31.5 Å². The predicted molar refractivity (Wildman–Crippen MR) is 102 cm³/mol. The molecule has 7 nitrogen and oxygen atoms in total. The molecule has 27 heavy (non-hydrogen) atoms. The molecule has 0 radical (unpaired) electrons. The third-order valence-electron chi connectivity index (χ3n) is 4.11. The number of nitrogens with zero attached hydrogens (tertiary/aromatic N) is 5. The summed E-state index contributed by atoms with van der Waals surface area (Å²) in [6.45, 7) is 4.48. The van der Waals surface area contributed by atoms with Gasteiger partial charge in [0.1, 0.15) is 5.82 Å². The summed E-state index contributed by atoms with van der Waals surface area (Å²) >= 11 is 0. The molecule has 0 atom stereocenters. The van der Waals surface area contributed by atoms with Crippen molar-refractivity contribution in [3.63, 3.8) is 0 Å². The van der Waals surface area contributed by atoms with Crippen LogP contribution in [-0.4, -0.2) is 25.1 Å². The second-order valence-electron chi connectivity index (χ2n) is 6.17. The summed E-state index contributed by atoms with van der Waals surface area (Å²) in [4.78, 5) is 17.4. The number of hydrogen-bond acceptors (Lipinski definition) is 7. The minimum Gasteiger partial charge on any atom is -0.364 e. The highest BCUT2D eigenvalue weighted by Crippen LogP contribution is 2.24. The van der Waals surface area contributed by atoms with E-state index in [1.165, 1.54) is 0 Å². The number of pyridine rings is 1. The Morgan fingerprint density at radius 1 is 0.926 bits per heavy atom. The van der Waals surface area contributed by atoms with Crippen LogP contribution in [-0.2, 0) is 6.54 Å². The van der Waals surface area contributed by atoms with Crippen LogP contribution in [0.5, 0.6) is 0 Å². The molecule has 7 heteroatoms. The fourth-order valence-corrected chi connectivity index (χ4v) is 2.59. The fraction of sp³-hybridized carbons (Fsp3) is 0.150. The molecule has 0 fully saturated rings. The van der Waals surface area contributed by atoms with E-state index in [0.29, 0.717) is 18.3 Å². The van der Waals surface area contributed by atoms with Gasteiger partial charge in [-0.25, -0.2) is 4.98 Å². The highest BCUT2D eigenvalue weighted by atomic mass is 16.5. The van der Waals surface area contributed by atoms with Crippen LogP contribution in [0, 0.1) is 13.8 Å². The van der Waals surface area contributed by atoms with Gasteiger partial charge in [-0.1, -0.05) is 29.4 Å².